The largest absolute Gasteiger partial charge is 0.496 e. The van der Waals surface area contributed by atoms with Gasteiger partial charge in [-0.2, -0.15) is 9.59 Å². The molecule has 3 N–H and O–H groups in total. The second kappa shape index (κ2) is 10.0. The predicted octanol–water partition coefficient (Wildman–Crippen LogP) is 3.88. The monoisotopic (exact) mass is 367 g/mol. The topological polar surface area (TPSA) is 94.3 Å². The molecule has 0 aliphatic carbocycles. The lowest BCUT2D eigenvalue weighted by Gasteiger charge is -2.10. The van der Waals surface area contributed by atoms with Gasteiger partial charge in [-0.05, 0) is 60.0 Å². The van der Waals surface area contributed by atoms with Crippen LogP contribution in [0.3, 0.4) is 0 Å². The van der Waals surface area contributed by atoms with Crippen molar-refractivity contribution in [2.24, 2.45) is 5.14 Å². The van der Waals surface area contributed by atoms with Gasteiger partial charge in [0.1, 0.15) is 11.6 Å². The molecule has 0 amide bonds. The molecule has 2 aromatic carbocycles. The minimum atomic E-state index is 0.250. The van der Waals surface area contributed by atoms with Crippen LogP contribution < -0.4 is 15.2 Å². The molecule has 26 heavy (non-hydrogen) atoms. The van der Waals surface area contributed by atoms with E-state index >= 15 is 0 Å². The SMILES string of the molecule is COc1ccccc1-c1ccnc(Nc2ccc(SN)cc2)c1.O=C=O. The third-order valence-corrected chi connectivity index (χ3v) is 3.99. The standard InChI is InChI=1S/C18H17N3OS.CO2/c1-22-17-5-3-2-4-16(17)13-10-11-20-18(12-13)21-14-6-8-15(23-19)9-7-14;2-1-3/h2-12H,19H2,1H3,(H,20,21);. The molecular weight excluding hydrogens is 350 g/mol. The molecule has 0 aliphatic rings. The molecule has 0 saturated carbocycles. The number of hydrogen-bond donors (Lipinski definition) is 2. The maximum absolute atomic E-state index is 8.12. The molecule has 0 unspecified atom stereocenters. The molecule has 0 fully saturated rings. The minimum Gasteiger partial charge on any atom is -0.496 e. The van der Waals surface area contributed by atoms with Gasteiger partial charge in [-0.25, -0.2) is 4.98 Å². The number of anilines is 2. The molecule has 0 radical (unpaired) electrons. The summed E-state index contributed by atoms with van der Waals surface area (Å²) in [6.07, 6.45) is 2.04. The molecule has 1 heterocycles. The Morgan fingerprint density at radius 2 is 1.77 bits per heavy atom. The lowest BCUT2D eigenvalue weighted by atomic mass is 10.1. The predicted molar refractivity (Wildman–Crippen MR) is 101 cm³/mol. The average molecular weight is 367 g/mol. The van der Waals surface area contributed by atoms with Crippen LogP contribution in [-0.4, -0.2) is 18.2 Å². The van der Waals surface area contributed by atoms with E-state index < -0.39 is 0 Å². The highest BCUT2D eigenvalue weighted by atomic mass is 32.2. The normalized spacial score (nSPS) is 9.46. The van der Waals surface area contributed by atoms with Crippen molar-refractivity contribution < 1.29 is 14.3 Å². The fourth-order valence-electron chi connectivity index (χ4n) is 2.31. The number of nitrogens with one attached hydrogen (secondary N) is 1. The Kier molecular flexibility index (Phi) is 7.39. The zero-order valence-electron chi connectivity index (χ0n) is 14.0. The number of para-hydroxylation sites is 1. The summed E-state index contributed by atoms with van der Waals surface area (Å²) in [5, 5.41) is 8.84. The van der Waals surface area contributed by atoms with Crippen molar-refractivity contribution in [3.05, 3.63) is 66.9 Å². The van der Waals surface area contributed by atoms with Gasteiger partial charge in [0.05, 0.1) is 7.11 Å². The third-order valence-electron chi connectivity index (χ3n) is 3.44. The number of nitrogens with two attached hydrogens (primary N) is 1. The Labute approximate surface area is 155 Å². The maximum Gasteiger partial charge on any atom is 0.373 e. The molecule has 0 spiro atoms. The fraction of sp³-hybridized carbons (Fsp3) is 0.0526. The van der Waals surface area contributed by atoms with Gasteiger partial charge < -0.3 is 10.1 Å². The van der Waals surface area contributed by atoms with Crippen LogP contribution in [0, 0.1) is 0 Å². The summed E-state index contributed by atoms with van der Waals surface area (Å²) in [5.41, 5.74) is 3.05. The first kappa shape index (κ1) is 19.2. The average Bonchev–Trinajstić information content (AvgIpc) is 2.69. The first-order valence-electron chi connectivity index (χ1n) is 7.54. The Morgan fingerprint density at radius 1 is 1.08 bits per heavy atom. The maximum atomic E-state index is 8.12. The molecule has 1 aromatic heterocycles. The molecule has 0 aliphatic heterocycles. The van der Waals surface area contributed by atoms with E-state index in [1.807, 2.05) is 60.7 Å². The highest BCUT2D eigenvalue weighted by Gasteiger charge is 2.06. The van der Waals surface area contributed by atoms with E-state index in [4.69, 9.17) is 19.5 Å². The van der Waals surface area contributed by atoms with Gasteiger partial charge in [0, 0.05) is 22.3 Å². The molecule has 3 rings (SSSR count). The second-order valence-electron chi connectivity index (χ2n) is 4.98. The van der Waals surface area contributed by atoms with Crippen molar-refractivity contribution in [1.29, 1.82) is 0 Å². The van der Waals surface area contributed by atoms with Crippen molar-refractivity contribution in [2.75, 3.05) is 12.4 Å². The van der Waals surface area contributed by atoms with Crippen molar-refractivity contribution in [2.45, 2.75) is 4.90 Å². The summed E-state index contributed by atoms with van der Waals surface area (Å²) in [6.45, 7) is 0. The Bertz CT molecular complexity index is 879. The van der Waals surface area contributed by atoms with Crippen molar-refractivity contribution in [1.82, 2.24) is 4.98 Å². The van der Waals surface area contributed by atoms with Crippen LogP contribution in [0.5, 0.6) is 5.75 Å². The van der Waals surface area contributed by atoms with Crippen LogP contribution >= 0.6 is 11.9 Å². The van der Waals surface area contributed by atoms with Crippen LogP contribution in [0.2, 0.25) is 0 Å². The Hall–Kier alpha value is -3.12. The lowest BCUT2D eigenvalue weighted by Crippen LogP contribution is -1.94. The number of methoxy groups -OCH3 is 1. The van der Waals surface area contributed by atoms with Gasteiger partial charge in [-0.15, -0.1) is 0 Å². The molecule has 132 valence electrons. The van der Waals surface area contributed by atoms with E-state index in [1.165, 1.54) is 11.9 Å². The summed E-state index contributed by atoms with van der Waals surface area (Å²) < 4.78 is 5.43. The molecule has 0 bridgehead atoms. The number of aromatic nitrogens is 1. The Balaban J connectivity index is 0.000000758. The van der Waals surface area contributed by atoms with Crippen LogP contribution in [0.15, 0.2) is 71.8 Å². The Morgan fingerprint density at radius 3 is 2.42 bits per heavy atom. The van der Waals surface area contributed by atoms with Crippen molar-refractivity contribution >= 4 is 29.6 Å². The van der Waals surface area contributed by atoms with Crippen LogP contribution in [0.1, 0.15) is 0 Å². The quantitative estimate of drug-likeness (QED) is 0.661. The minimum absolute atomic E-state index is 0.250. The number of carbonyl (C=O) groups excluding carboxylic acids is 2. The van der Waals surface area contributed by atoms with Gasteiger partial charge in [-0.3, -0.25) is 5.14 Å². The summed E-state index contributed by atoms with van der Waals surface area (Å²) in [7, 11) is 1.68. The van der Waals surface area contributed by atoms with E-state index in [9.17, 15) is 0 Å². The van der Waals surface area contributed by atoms with Crippen molar-refractivity contribution in [3.8, 4) is 16.9 Å². The van der Waals surface area contributed by atoms with E-state index in [0.29, 0.717) is 0 Å². The number of hydrogen-bond acceptors (Lipinski definition) is 7. The molecule has 6 nitrogen and oxygen atoms in total. The van der Waals surface area contributed by atoms with Gasteiger partial charge in [0.25, 0.3) is 0 Å². The van der Waals surface area contributed by atoms with Crippen LogP contribution in [0.4, 0.5) is 11.5 Å². The van der Waals surface area contributed by atoms with Gasteiger partial charge >= 0.3 is 6.15 Å². The highest BCUT2D eigenvalue weighted by Crippen LogP contribution is 2.31. The molecule has 0 atom stereocenters. The summed E-state index contributed by atoms with van der Waals surface area (Å²) in [5.74, 6) is 1.62. The van der Waals surface area contributed by atoms with E-state index in [-0.39, 0.29) is 6.15 Å². The van der Waals surface area contributed by atoms with E-state index in [1.54, 1.807) is 13.3 Å². The van der Waals surface area contributed by atoms with Crippen molar-refractivity contribution in [3.63, 3.8) is 0 Å². The smallest absolute Gasteiger partial charge is 0.373 e. The van der Waals surface area contributed by atoms with E-state index in [0.717, 1.165) is 33.3 Å². The number of ether oxygens (including phenoxy) is 1. The van der Waals surface area contributed by atoms with Gasteiger partial charge in [0.2, 0.25) is 0 Å². The van der Waals surface area contributed by atoms with E-state index in [2.05, 4.69) is 10.3 Å². The lowest BCUT2D eigenvalue weighted by molar-refractivity contribution is -0.191. The van der Waals surface area contributed by atoms with Gasteiger partial charge in [-0.1, -0.05) is 18.2 Å². The molecule has 7 heteroatoms. The number of nitrogens with zero attached hydrogens (tertiary/aromatic N) is 1. The number of pyridine rings is 1. The van der Waals surface area contributed by atoms with Crippen LogP contribution in [-0.2, 0) is 9.59 Å². The molecule has 3 aromatic rings. The first-order chi connectivity index (χ1) is 12.7. The fourth-order valence-corrected chi connectivity index (χ4v) is 2.61. The molecular formula is C19H17N3O3S. The second-order valence-corrected chi connectivity index (χ2v) is 5.69. The summed E-state index contributed by atoms with van der Waals surface area (Å²) >= 11 is 1.23. The first-order valence-corrected chi connectivity index (χ1v) is 8.42. The highest BCUT2D eigenvalue weighted by molar-refractivity contribution is 7.97. The van der Waals surface area contributed by atoms with Crippen LogP contribution in [0.25, 0.3) is 11.1 Å². The summed E-state index contributed by atoms with van der Waals surface area (Å²) in [4.78, 5) is 21.6. The van der Waals surface area contributed by atoms with Gasteiger partial charge in [0.15, 0.2) is 0 Å². The third kappa shape index (κ3) is 5.19. The number of benzene rings is 2. The zero-order chi connectivity index (χ0) is 18.8. The molecule has 0 saturated heterocycles. The number of rotatable bonds is 5. The zero-order valence-corrected chi connectivity index (χ0v) is 14.8. The summed E-state index contributed by atoms with van der Waals surface area (Å²) in [6, 6.07) is 19.8.